The molecule has 1 rings (SSSR count). The van der Waals surface area contributed by atoms with Crippen LogP contribution in [0.3, 0.4) is 0 Å². The Kier molecular flexibility index (Phi) is 2.48. The molecule has 0 heterocycles. The molecule has 0 radical (unpaired) electrons. The third-order valence-corrected chi connectivity index (χ3v) is 1.81. The lowest BCUT2D eigenvalue weighted by molar-refractivity contribution is -0.116. The van der Waals surface area contributed by atoms with Gasteiger partial charge in [-0.3, -0.25) is 4.79 Å². The van der Waals surface area contributed by atoms with Gasteiger partial charge in [-0.25, -0.2) is 0 Å². The topological polar surface area (TPSA) is 37.3 Å². The third-order valence-electron chi connectivity index (χ3n) is 1.81. The molecule has 0 aliphatic rings. The van der Waals surface area contributed by atoms with E-state index in [1.54, 1.807) is 12.1 Å². The zero-order chi connectivity index (χ0) is 9.14. The molecule has 0 aliphatic carbocycles. The Bertz CT molecular complexity index is 282. The minimum atomic E-state index is 0.0691. The summed E-state index contributed by atoms with van der Waals surface area (Å²) in [5, 5.41) is 9.39. The zero-order valence-corrected chi connectivity index (χ0v) is 7.29. The standard InChI is InChI=1S/C10H12O2/c1-7-4-3-5-10(12)9(7)6-8(2)11/h3-5,12H,6H2,1-2H3. The van der Waals surface area contributed by atoms with Gasteiger partial charge < -0.3 is 5.11 Å². The van der Waals surface area contributed by atoms with E-state index >= 15 is 0 Å². The van der Waals surface area contributed by atoms with E-state index < -0.39 is 0 Å². The highest BCUT2D eigenvalue weighted by atomic mass is 16.3. The first-order valence-electron chi connectivity index (χ1n) is 3.88. The molecule has 0 atom stereocenters. The van der Waals surface area contributed by atoms with Crippen LogP contribution < -0.4 is 0 Å². The van der Waals surface area contributed by atoms with E-state index in [9.17, 15) is 9.90 Å². The van der Waals surface area contributed by atoms with Gasteiger partial charge in [0.05, 0.1) is 0 Å². The fourth-order valence-electron chi connectivity index (χ4n) is 1.17. The van der Waals surface area contributed by atoms with Crippen LogP contribution in [0.1, 0.15) is 18.1 Å². The summed E-state index contributed by atoms with van der Waals surface area (Å²) < 4.78 is 0. The van der Waals surface area contributed by atoms with Gasteiger partial charge in [-0.05, 0) is 25.5 Å². The molecule has 0 aliphatic heterocycles. The summed E-state index contributed by atoms with van der Waals surface area (Å²) in [5.74, 6) is 0.282. The van der Waals surface area contributed by atoms with Crippen LogP contribution >= 0.6 is 0 Å². The molecule has 1 N–H and O–H groups in total. The highest BCUT2D eigenvalue weighted by Crippen LogP contribution is 2.20. The first-order chi connectivity index (χ1) is 5.61. The van der Waals surface area contributed by atoms with Crippen molar-refractivity contribution in [1.29, 1.82) is 0 Å². The molecule has 0 unspecified atom stereocenters. The molecule has 0 amide bonds. The monoisotopic (exact) mass is 164 g/mol. The number of benzene rings is 1. The van der Waals surface area contributed by atoms with Gasteiger partial charge in [0.25, 0.3) is 0 Å². The number of phenolic OH excluding ortho intramolecular Hbond substituents is 1. The van der Waals surface area contributed by atoms with Crippen molar-refractivity contribution in [2.75, 3.05) is 0 Å². The minimum Gasteiger partial charge on any atom is -0.508 e. The van der Waals surface area contributed by atoms with E-state index in [0.717, 1.165) is 11.1 Å². The molecule has 1 aromatic carbocycles. The van der Waals surface area contributed by atoms with E-state index in [1.807, 2.05) is 13.0 Å². The normalized spacial score (nSPS) is 9.83. The van der Waals surface area contributed by atoms with E-state index in [0.29, 0.717) is 6.42 Å². The number of hydrogen-bond acceptors (Lipinski definition) is 2. The van der Waals surface area contributed by atoms with Crippen molar-refractivity contribution in [1.82, 2.24) is 0 Å². The Hall–Kier alpha value is -1.31. The maximum atomic E-state index is 10.8. The van der Waals surface area contributed by atoms with Crippen LogP contribution in [0.4, 0.5) is 0 Å². The van der Waals surface area contributed by atoms with Crippen LogP contribution in [-0.2, 0) is 11.2 Å². The summed E-state index contributed by atoms with van der Waals surface area (Å²) in [7, 11) is 0. The Morgan fingerprint density at radius 2 is 2.17 bits per heavy atom. The van der Waals surface area contributed by atoms with E-state index in [2.05, 4.69) is 0 Å². The second-order valence-corrected chi connectivity index (χ2v) is 2.95. The van der Waals surface area contributed by atoms with Crippen LogP contribution in [0.25, 0.3) is 0 Å². The van der Waals surface area contributed by atoms with Crippen LogP contribution in [0, 0.1) is 6.92 Å². The van der Waals surface area contributed by atoms with Gasteiger partial charge in [-0.1, -0.05) is 12.1 Å². The van der Waals surface area contributed by atoms with Crippen LogP contribution in [0.2, 0.25) is 0 Å². The highest BCUT2D eigenvalue weighted by molar-refractivity contribution is 5.79. The quantitative estimate of drug-likeness (QED) is 0.724. The average Bonchev–Trinajstić information content (AvgIpc) is 1.97. The Morgan fingerprint density at radius 1 is 1.50 bits per heavy atom. The summed E-state index contributed by atoms with van der Waals surface area (Å²) in [5.41, 5.74) is 1.70. The molecule has 0 saturated heterocycles. The van der Waals surface area contributed by atoms with E-state index in [1.165, 1.54) is 6.92 Å². The highest BCUT2D eigenvalue weighted by Gasteiger charge is 2.05. The Balaban J connectivity index is 3.04. The van der Waals surface area contributed by atoms with Gasteiger partial charge in [0.2, 0.25) is 0 Å². The minimum absolute atomic E-state index is 0.0691. The number of ketones is 1. The molecule has 2 nitrogen and oxygen atoms in total. The van der Waals surface area contributed by atoms with Gasteiger partial charge >= 0.3 is 0 Å². The molecule has 0 spiro atoms. The van der Waals surface area contributed by atoms with Gasteiger partial charge in [-0.2, -0.15) is 0 Å². The van der Waals surface area contributed by atoms with Crippen molar-refractivity contribution in [3.63, 3.8) is 0 Å². The van der Waals surface area contributed by atoms with Crippen molar-refractivity contribution in [2.24, 2.45) is 0 Å². The molecule has 2 heteroatoms. The van der Waals surface area contributed by atoms with Gasteiger partial charge in [-0.15, -0.1) is 0 Å². The number of aromatic hydroxyl groups is 1. The lowest BCUT2D eigenvalue weighted by atomic mass is 10.0. The molecule has 0 aromatic heterocycles. The number of Topliss-reactive ketones (excluding diaryl/α,β-unsaturated/α-hetero) is 1. The molecule has 64 valence electrons. The molecule has 12 heavy (non-hydrogen) atoms. The second-order valence-electron chi connectivity index (χ2n) is 2.95. The molecule has 0 saturated carbocycles. The fourth-order valence-corrected chi connectivity index (χ4v) is 1.17. The molecular weight excluding hydrogens is 152 g/mol. The number of rotatable bonds is 2. The summed E-state index contributed by atoms with van der Waals surface area (Å²) in [6.45, 7) is 3.41. The SMILES string of the molecule is CC(=O)Cc1c(C)cccc1O. The predicted octanol–water partition coefficient (Wildman–Crippen LogP) is 1.83. The van der Waals surface area contributed by atoms with Crippen molar-refractivity contribution in [3.05, 3.63) is 29.3 Å². The first kappa shape index (κ1) is 8.78. The summed E-state index contributed by atoms with van der Waals surface area (Å²) in [6.07, 6.45) is 0.318. The average molecular weight is 164 g/mol. The molecule has 0 bridgehead atoms. The predicted molar refractivity (Wildman–Crippen MR) is 47.2 cm³/mol. The lowest BCUT2D eigenvalue weighted by Crippen LogP contribution is -1.98. The Labute approximate surface area is 71.8 Å². The number of carbonyl (C=O) groups is 1. The van der Waals surface area contributed by atoms with Crippen molar-refractivity contribution in [2.45, 2.75) is 20.3 Å². The van der Waals surface area contributed by atoms with Gasteiger partial charge in [0.1, 0.15) is 11.5 Å². The van der Waals surface area contributed by atoms with Gasteiger partial charge in [0, 0.05) is 12.0 Å². The molecular formula is C10H12O2. The zero-order valence-electron chi connectivity index (χ0n) is 7.29. The van der Waals surface area contributed by atoms with Crippen molar-refractivity contribution >= 4 is 5.78 Å². The van der Waals surface area contributed by atoms with Crippen molar-refractivity contribution in [3.8, 4) is 5.75 Å². The number of carbonyl (C=O) groups excluding carboxylic acids is 1. The lowest BCUT2D eigenvalue weighted by Gasteiger charge is -2.04. The maximum absolute atomic E-state index is 10.8. The van der Waals surface area contributed by atoms with Crippen LogP contribution in [-0.4, -0.2) is 10.9 Å². The second kappa shape index (κ2) is 3.39. The van der Waals surface area contributed by atoms with Crippen molar-refractivity contribution < 1.29 is 9.90 Å². The smallest absolute Gasteiger partial charge is 0.134 e. The number of aryl methyl sites for hydroxylation is 1. The summed E-state index contributed by atoms with van der Waals surface area (Å²) in [4.78, 5) is 10.8. The van der Waals surface area contributed by atoms with Crippen LogP contribution in [0.5, 0.6) is 5.75 Å². The largest absolute Gasteiger partial charge is 0.508 e. The fraction of sp³-hybridized carbons (Fsp3) is 0.300. The number of phenols is 1. The third kappa shape index (κ3) is 1.84. The van der Waals surface area contributed by atoms with E-state index in [4.69, 9.17) is 0 Å². The summed E-state index contributed by atoms with van der Waals surface area (Å²) >= 11 is 0. The molecule has 0 fully saturated rings. The maximum Gasteiger partial charge on any atom is 0.134 e. The summed E-state index contributed by atoms with van der Waals surface area (Å²) in [6, 6.07) is 5.26. The Morgan fingerprint density at radius 3 is 2.67 bits per heavy atom. The number of hydrogen-bond donors (Lipinski definition) is 1. The molecule has 1 aromatic rings. The van der Waals surface area contributed by atoms with Gasteiger partial charge in [0.15, 0.2) is 0 Å². The first-order valence-corrected chi connectivity index (χ1v) is 3.88. The van der Waals surface area contributed by atoms with E-state index in [-0.39, 0.29) is 11.5 Å². The van der Waals surface area contributed by atoms with Crippen LogP contribution in [0.15, 0.2) is 18.2 Å².